The molecule has 8 nitrogen and oxygen atoms in total. The highest BCUT2D eigenvalue weighted by Crippen LogP contribution is 2.12. The Labute approximate surface area is 189 Å². The molecule has 0 amide bonds. The molecule has 0 aromatic heterocycles. The maximum absolute atomic E-state index is 12.0. The lowest BCUT2D eigenvalue weighted by atomic mass is 10.1. The highest BCUT2D eigenvalue weighted by Gasteiger charge is 2.35. The maximum Gasteiger partial charge on any atom is 0.327 e. The van der Waals surface area contributed by atoms with Crippen LogP contribution in [0.25, 0.3) is 0 Å². The molecule has 0 aliphatic heterocycles. The highest BCUT2D eigenvalue weighted by atomic mass is 32.2. The smallest absolute Gasteiger partial charge is 0.327 e. The SMILES string of the molecule is CCCCCCCCCOC(=O)CC(C(=O)OCCCCCCCCC)S(=O)(=O)O.N. The lowest BCUT2D eigenvalue weighted by molar-refractivity contribution is -0.150. The average Bonchev–Trinajstić information content (AvgIpc) is 2.69. The Morgan fingerprint density at radius 1 is 0.710 bits per heavy atom. The molecule has 0 aliphatic rings. The Morgan fingerprint density at radius 2 is 1.10 bits per heavy atom. The van der Waals surface area contributed by atoms with Crippen LogP contribution in [0.3, 0.4) is 0 Å². The number of ether oxygens (including phenoxy) is 2. The Kier molecular flexibility index (Phi) is 21.4. The van der Waals surface area contributed by atoms with E-state index in [4.69, 9.17) is 9.47 Å². The van der Waals surface area contributed by atoms with Gasteiger partial charge in [0.1, 0.15) is 0 Å². The first-order valence-electron chi connectivity index (χ1n) is 11.6. The van der Waals surface area contributed by atoms with Crippen LogP contribution in [-0.4, -0.2) is 43.4 Å². The zero-order chi connectivity index (χ0) is 22.7. The molecule has 4 N–H and O–H groups in total. The van der Waals surface area contributed by atoms with Crippen LogP contribution < -0.4 is 6.15 Å². The fourth-order valence-electron chi connectivity index (χ4n) is 3.09. The van der Waals surface area contributed by atoms with E-state index in [0.29, 0.717) is 12.8 Å². The lowest BCUT2D eigenvalue weighted by Crippen LogP contribution is -2.34. The van der Waals surface area contributed by atoms with E-state index in [1.54, 1.807) is 0 Å². The van der Waals surface area contributed by atoms with Crippen molar-refractivity contribution in [2.24, 2.45) is 0 Å². The summed E-state index contributed by atoms with van der Waals surface area (Å²) in [7, 11) is -4.74. The minimum atomic E-state index is -4.74. The molecule has 1 unspecified atom stereocenters. The zero-order valence-corrected chi connectivity index (χ0v) is 20.4. The van der Waals surface area contributed by atoms with E-state index in [1.165, 1.54) is 38.5 Å². The molecule has 0 saturated heterocycles. The normalized spacial score (nSPS) is 12.1. The third kappa shape index (κ3) is 19.2. The molecule has 0 radical (unpaired) electrons. The standard InChI is InChI=1S/C22H42O7S.H3N/c1-3-5-7-9-11-13-15-17-28-21(23)19-20(30(25,26)27)22(24)29-18-16-14-12-10-8-6-4-2;/h20H,3-19H2,1-2H3,(H,25,26,27);1H3. The second-order valence-corrected chi connectivity index (χ2v) is 9.44. The average molecular weight is 468 g/mol. The van der Waals surface area contributed by atoms with Gasteiger partial charge in [0.2, 0.25) is 0 Å². The monoisotopic (exact) mass is 467 g/mol. The van der Waals surface area contributed by atoms with Crippen molar-refractivity contribution in [3.63, 3.8) is 0 Å². The van der Waals surface area contributed by atoms with Gasteiger partial charge in [-0.1, -0.05) is 90.9 Å². The van der Waals surface area contributed by atoms with E-state index in [0.717, 1.165) is 38.5 Å². The van der Waals surface area contributed by atoms with Crippen molar-refractivity contribution in [2.45, 2.75) is 115 Å². The summed E-state index contributed by atoms with van der Waals surface area (Å²) in [6.45, 7) is 4.56. The van der Waals surface area contributed by atoms with Gasteiger partial charge in [0, 0.05) is 0 Å². The highest BCUT2D eigenvalue weighted by molar-refractivity contribution is 7.87. The summed E-state index contributed by atoms with van der Waals surface area (Å²) in [6, 6.07) is 0. The first-order valence-corrected chi connectivity index (χ1v) is 13.1. The third-order valence-corrected chi connectivity index (χ3v) is 6.06. The fraction of sp³-hybridized carbons (Fsp3) is 0.909. The molecule has 9 heteroatoms. The molecule has 31 heavy (non-hydrogen) atoms. The van der Waals surface area contributed by atoms with E-state index in [2.05, 4.69) is 13.8 Å². The van der Waals surface area contributed by atoms with Crippen LogP contribution in [0.4, 0.5) is 0 Å². The molecule has 0 rings (SSSR count). The summed E-state index contributed by atoms with van der Waals surface area (Å²) in [5.74, 6) is -1.92. The minimum Gasteiger partial charge on any atom is -0.466 e. The van der Waals surface area contributed by atoms with Crippen molar-refractivity contribution < 1.29 is 32.0 Å². The van der Waals surface area contributed by atoms with Crippen LogP contribution >= 0.6 is 0 Å². The molecule has 0 aliphatic carbocycles. The Balaban J connectivity index is 0. The van der Waals surface area contributed by atoms with Crippen LogP contribution in [0, 0.1) is 0 Å². The van der Waals surface area contributed by atoms with Gasteiger partial charge in [0.05, 0.1) is 19.6 Å². The van der Waals surface area contributed by atoms with Crippen LogP contribution in [0.5, 0.6) is 0 Å². The number of hydrogen-bond acceptors (Lipinski definition) is 7. The summed E-state index contributed by atoms with van der Waals surface area (Å²) in [4.78, 5) is 23.9. The molecule has 1 atom stereocenters. The molecular weight excluding hydrogens is 422 g/mol. The maximum atomic E-state index is 12.0. The van der Waals surface area contributed by atoms with E-state index < -0.39 is 33.7 Å². The van der Waals surface area contributed by atoms with Gasteiger partial charge in [0.15, 0.2) is 5.25 Å². The summed E-state index contributed by atoms with van der Waals surface area (Å²) in [5, 5.41) is -1.93. The molecule has 0 aromatic rings. The number of esters is 2. The van der Waals surface area contributed by atoms with E-state index in [9.17, 15) is 22.6 Å². The van der Waals surface area contributed by atoms with E-state index in [-0.39, 0.29) is 19.4 Å². The number of unbranched alkanes of at least 4 members (excludes halogenated alkanes) is 12. The van der Waals surface area contributed by atoms with Crippen molar-refractivity contribution in [3.05, 3.63) is 0 Å². The molecular formula is C22H45NO7S. The van der Waals surface area contributed by atoms with Crippen molar-refractivity contribution in [3.8, 4) is 0 Å². The number of carbonyl (C=O) groups excluding carboxylic acids is 2. The zero-order valence-electron chi connectivity index (χ0n) is 19.6. The molecule has 0 bridgehead atoms. The molecule has 186 valence electrons. The van der Waals surface area contributed by atoms with Gasteiger partial charge in [-0.2, -0.15) is 8.42 Å². The van der Waals surface area contributed by atoms with Gasteiger partial charge in [-0.25, -0.2) is 0 Å². The number of rotatable bonds is 20. The van der Waals surface area contributed by atoms with Gasteiger partial charge < -0.3 is 15.6 Å². The first-order chi connectivity index (χ1) is 14.3. The van der Waals surface area contributed by atoms with Gasteiger partial charge in [0.25, 0.3) is 10.1 Å². The topological polar surface area (TPSA) is 142 Å². The third-order valence-electron chi connectivity index (χ3n) is 4.98. The molecule has 0 saturated carbocycles. The van der Waals surface area contributed by atoms with Crippen molar-refractivity contribution in [1.29, 1.82) is 0 Å². The summed E-state index contributed by atoms with van der Waals surface area (Å²) < 4.78 is 42.3. The second-order valence-electron chi connectivity index (χ2n) is 7.84. The minimum absolute atomic E-state index is 0. The summed E-state index contributed by atoms with van der Waals surface area (Å²) in [5.41, 5.74) is 0. The van der Waals surface area contributed by atoms with Crippen LogP contribution in [0.2, 0.25) is 0 Å². The molecule has 0 fully saturated rings. The van der Waals surface area contributed by atoms with E-state index in [1.807, 2.05) is 0 Å². The Hall–Kier alpha value is -1.19. The van der Waals surface area contributed by atoms with Gasteiger partial charge in [-0.05, 0) is 12.8 Å². The largest absolute Gasteiger partial charge is 0.466 e. The van der Waals surface area contributed by atoms with Crippen molar-refractivity contribution in [1.82, 2.24) is 6.15 Å². The summed E-state index contributed by atoms with van der Waals surface area (Å²) >= 11 is 0. The van der Waals surface area contributed by atoms with Crippen LogP contribution in [0.1, 0.15) is 110 Å². The van der Waals surface area contributed by atoms with Crippen LogP contribution in [-0.2, 0) is 29.2 Å². The van der Waals surface area contributed by atoms with Gasteiger partial charge in [-0.15, -0.1) is 0 Å². The fourth-order valence-corrected chi connectivity index (χ4v) is 3.75. The number of carbonyl (C=O) groups is 2. The van der Waals surface area contributed by atoms with Gasteiger partial charge in [-0.3, -0.25) is 14.1 Å². The summed E-state index contributed by atoms with van der Waals surface area (Å²) in [6.07, 6.45) is 14.0. The molecule has 0 spiro atoms. The van der Waals surface area contributed by atoms with E-state index >= 15 is 0 Å². The predicted molar refractivity (Wildman–Crippen MR) is 123 cm³/mol. The molecule has 0 heterocycles. The van der Waals surface area contributed by atoms with Crippen molar-refractivity contribution in [2.75, 3.05) is 13.2 Å². The lowest BCUT2D eigenvalue weighted by Gasteiger charge is -2.13. The molecule has 0 aromatic carbocycles. The van der Waals surface area contributed by atoms with Gasteiger partial charge >= 0.3 is 11.9 Å². The Bertz CT molecular complexity index is 552. The predicted octanol–water partition coefficient (Wildman–Crippen LogP) is 5.38. The Morgan fingerprint density at radius 3 is 1.52 bits per heavy atom. The first kappa shape index (κ1) is 32.0. The van der Waals surface area contributed by atoms with Crippen LogP contribution in [0.15, 0.2) is 0 Å². The van der Waals surface area contributed by atoms with Crippen molar-refractivity contribution >= 4 is 22.1 Å². The number of hydrogen-bond donors (Lipinski definition) is 2. The second kappa shape index (κ2) is 20.7. The quantitative estimate of drug-likeness (QED) is 0.138.